The van der Waals surface area contributed by atoms with Gasteiger partial charge in [-0.3, -0.25) is 9.71 Å². The highest BCUT2D eigenvalue weighted by Gasteiger charge is 2.20. The van der Waals surface area contributed by atoms with E-state index in [4.69, 9.17) is 16.3 Å². The number of aromatic nitrogens is 3. The molecule has 0 saturated carbocycles. The van der Waals surface area contributed by atoms with Crippen LogP contribution in [0.25, 0.3) is 0 Å². The Labute approximate surface area is 147 Å². The maximum Gasteiger partial charge on any atom is 0.272 e. The molecule has 24 heavy (non-hydrogen) atoms. The van der Waals surface area contributed by atoms with Gasteiger partial charge in [0.15, 0.2) is 0 Å². The van der Waals surface area contributed by atoms with Gasteiger partial charge in [-0.25, -0.2) is 18.4 Å². The van der Waals surface area contributed by atoms with Crippen LogP contribution in [0.4, 0.5) is 5.82 Å². The van der Waals surface area contributed by atoms with Crippen molar-refractivity contribution in [3.8, 4) is 5.88 Å². The van der Waals surface area contributed by atoms with Gasteiger partial charge in [0.1, 0.15) is 10.8 Å². The average Bonchev–Trinajstić information content (AvgIpc) is 3.02. The van der Waals surface area contributed by atoms with Gasteiger partial charge in [0.05, 0.1) is 10.0 Å². The molecule has 0 bridgehead atoms. The molecular weight excluding hydrogens is 372 g/mol. The van der Waals surface area contributed by atoms with E-state index in [-0.39, 0.29) is 22.5 Å². The predicted octanol–water partition coefficient (Wildman–Crippen LogP) is 2.97. The lowest BCUT2D eigenvalue weighted by Crippen LogP contribution is -2.14. The normalized spacial score (nSPS) is 11.2. The van der Waals surface area contributed by atoms with Crippen molar-refractivity contribution >= 4 is 38.8 Å². The Morgan fingerprint density at radius 1 is 1.08 bits per heavy atom. The van der Waals surface area contributed by atoms with Crippen LogP contribution < -0.4 is 9.46 Å². The van der Waals surface area contributed by atoms with E-state index >= 15 is 0 Å². The quantitative estimate of drug-likeness (QED) is 0.704. The molecule has 0 fully saturated rings. The monoisotopic (exact) mass is 382 g/mol. The number of pyridine rings is 1. The van der Waals surface area contributed by atoms with Crippen LogP contribution in [-0.2, 0) is 16.6 Å². The fraction of sp³-hybridized carbons (Fsp3) is 0.0714. The van der Waals surface area contributed by atoms with Gasteiger partial charge in [0.25, 0.3) is 15.9 Å². The number of nitrogens with zero attached hydrogens (tertiary/aromatic N) is 3. The molecule has 1 N–H and O–H groups in total. The van der Waals surface area contributed by atoms with Crippen molar-refractivity contribution in [3.63, 3.8) is 0 Å². The fourth-order valence-electron chi connectivity index (χ4n) is 1.75. The van der Waals surface area contributed by atoms with E-state index in [1.165, 1.54) is 24.5 Å². The van der Waals surface area contributed by atoms with Crippen molar-refractivity contribution in [3.05, 3.63) is 59.0 Å². The zero-order valence-corrected chi connectivity index (χ0v) is 14.5. The summed E-state index contributed by atoms with van der Waals surface area (Å²) in [5, 5.41) is 0. The van der Waals surface area contributed by atoms with E-state index in [1.807, 2.05) is 6.07 Å². The number of sulfonamides is 1. The summed E-state index contributed by atoms with van der Waals surface area (Å²) in [5.74, 6) is 0.0623. The van der Waals surface area contributed by atoms with E-state index in [2.05, 4.69) is 19.7 Å². The minimum atomic E-state index is -3.81. The Morgan fingerprint density at radius 3 is 2.62 bits per heavy atom. The Balaban J connectivity index is 1.79. The summed E-state index contributed by atoms with van der Waals surface area (Å²) in [5.41, 5.74) is 0.682. The lowest BCUT2D eigenvalue weighted by molar-refractivity contribution is 0.290. The largest absolute Gasteiger partial charge is 0.469 e. The van der Waals surface area contributed by atoms with Crippen molar-refractivity contribution in [2.75, 3.05) is 4.72 Å². The van der Waals surface area contributed by atoms with Crippen LogP contribution in [0.3, 0.4) is 0 Å². The number of hydrogen-bond acceptors (Lipinski definition) is 7. The molecule has 0 aliphatic rings. The maximum absolute atomic E-state index is 12.3. The second-order valence-corrected chi connectivity index (χ2v) is 8.11. The van der Waals surface area contributed by atoms with Gasteiger partial charge in [-0.2, -0.15) is 0 Å². The van der Waals surface area contributed by atoms with E-state index in [0.29, 0.717) is 10.0 Å². The van der Waals surface area contributed by atoms with Gasteiger partial charge >= 0.3 is 0 Å². The van der Waals surface area contributed by atoms with Crippen LogP contribution in [0, 0.1) is 0 Å². The molecule has 3 aromatic rings. The number of rotatable bonds is 6. The standard InChI is InChI=1S/C14H11ClN4O3S2/c15-11-4-5-12(23-11)24(20,21)19-13-14(18-8-7-17-13)22-9-10-3-1-2-6-16-10/h1-8H,9H2,(H,17,19). The average molecular weight is 383 g/mol. The highest BCUT2D eigenvalue weighted by molar-refractivity contribution is 7.94. The second-order valence-electron chi connectivity index (χ2n) is 4.48. The summed E-state index contributed by atoms with van der Waals surface area (Å²) >= 11 is 6.73. The van der Waals surface area contributed by atoms with E-state index in [9.17, 15) is 8.42 Å². The molecule has 3 rings (SSSR count). The first-order valence-corrected chi connectivity index (χ1v) is 9.34. The molecule has 0 radical (unpaired) electrons. The first-order valence-electron chi connectivity index (χ1n) is 6.66. The van der Waals surface area contributed by atoms with Crippen LogP contribution >= 0.6 is 22.9 Å². The number of hydrogen-bond donors (Lipinski definition) is 1. The third-order valence-corrected chi connectivity index (χ3v) is 5.85. The lowest BCUT2D eigenvalue weighted by Gasteiger charge is -2.10. The van der Waals surface area contributed by atoms with Crippen LogP contribution in [0.5, 0.6) is 5.88 Å². The van der Waals surface area contributed by atoms with Crippen LogP contribution in [0.15, 0.2) is 53.1 Å². The zero-order valence-electron chi connectivity index (χ0n) is 12.1. The van der Waals surface area contributed by atoms with Gasteiger partial charge in [-0.15, -0.1) is 11.3 Å². The molecule has 10 heteroatoms. The molecule has 7 nitrogen and oxygen atoms in total. The minimum Gasteiger partial charge on any atom is -0.469 e. The molecule has 0 aromatic carbocycles. The molecule has 3 aromatic heterocycles. The number of ether oxygens (including phenoxy) is 1. The van der Waals surface area contributed by atoms with Crippen molar-refractivity contribution in [2.45, 2.75) is 10.8 Å². The molecular formula is C14H11ClN4O3S2. The molecule has 0 atom stereocenters. The number of nitrogens with one attached hydrogen (secondary N) is 1. The first-order chi connectivity index (χ1) is 11.5. The summed E-state index contributed by atoms with van der Waals surface area (Å²) in [7, 11) is -3.81. The van der Waals surface area contributed by atoms with Crippen molar-refractivity contribution in [1.29, 1.82) is 0 Å². The Morgan fingerprint density at radius 2 is 1.92 bits per heavy atom. The molecule has 0 aliphatic heterocycles. The fourth-order valence-corrected chi connectivity index (χ4v) is 4.24. The molecule has 0 saturated heterocycles. The van der Waals surface area contributed by atoms with Crippen molar-refractivity contribution < 1.29 is 13.2 Å². The summed E-state index contributed by atoms with van der Waals surface area (Å²) < 4.78 is 33.0. The molecule has 0 amide bonds. The highest BCUT2D eigenvalue weighted by atomic mass is 35.5. The van der Waals surface area contributed by atoms with E-state index in [1.54, 1.807) is 18.3 Å². The molecule has 0 aliphatic carbocycles. The summed E-state index contributed by atoms with van der Waals surface area (Å²) in [6.45, 7) is 0.138. The number of thiophene rings is 1. The summed E-state index contributed by atoms with van der Waals surface area (Å²) in [6, 6.07) is 8.33. The summed E-state index contributed by atoms with van der Waals surface area (Å²) in [4.78, 5) is 12.1. The second kappa shape index (κ2) is 7.12. The third-order valence-electron chi connectivity index (χ3n) is 2.79. The topological polar surface area (TPSA) is 94.1 Å². The molecule has 0 spiro atoms. The lowest BCUT2D eigenvalue weighted by atomic mass is 10.4. The number of halogens is 1. The SMILES string of the molecule is O=S(=O)(Nc1nccnc1OCc1ccccn1)c1ccc(Cl)s1. The van der Waals surface area contributed by atoms with E-state index < -0.39 is 10.0 Å². The van der Waals surface area contributed by atoms with Crippen LogP contribution in [-0.4, -0.2) is 23.4 Å². The molecule has 0 unspecified atom stereocenters. The Bertz CT molecular complexity index is 932. The van der Waals surface area contributed by atoms with Crippen LogP contribution in [0.1, 0.15) is 5.69 Å². The molecule has 3 heterocycles. The zero-order chi connectivity index (χ0) is 17.0. The number of anilines is 1. The maximum atomic E-state index is 12.3. The summed E-state index contributed by atoms with van der Waals surface area (Å²) in [6.07, 6.45) is 4.42. The highest BCUT2D eigenvalue weighted by Crippen LogP contribution is 2.28. The molecule has 124 valence electrons. The van der Waals surface area contributed by atoms with Gasteiger partial charge in [-0.05, 0) is 24.3 Å². The van der Waals surface area contributed by atoms with Gasteiger partial charge in [-0.1, -0.05) is 17.7 Å². The Hall–Kier alpha value is -2.23. The van der Waals surface area contributed by atoms with Crippen molar-refractivity contribution in [1.82, 2.24) is 15.0 Å². The van der Waals surface area contributed by atoms with Crippen LogP contribution in [0.2, 0.25) is 4.34 Å². The van der Waals surface area contributed by atoms with E-state index in [0.717, 1.165) is 11.3 Å². The van der Waals surface area contributed by atoms with Crippen molar-refractivity contribution in [2.24, 2.45) is 0 Å². The smallest absolute Gasteiger partial charge is 0.272 e. The predicted molar refractivity (Wildman–Crippen MR) is 90.7 cm³/mol. The third kappa shape index (κ3) is 3.99. The minimum absolute atomic E-state index is 0.00189. The van der Waals surface area contributed by atoms with Gasteiger partial charge in [0, 0.05) is 18.6 Å². The Kier molecular flexibility index (Phi) is 4.93. The van der Waals surface area contributed by atoms with Gasteiger partial charge < -0.3 is 4.74 Å². The van der Waals surface area contributed by atoms with Gasteiger partial charge in [0.2, 0.25) is 5.82 Å². The first kappa shape index (κ1) is 16.6.